The molecule has 0 saturated carbocycles. The molecule has 13 nitrogen and oxygen atoms in total. The van der Waals surface area contributed by atoms with Crippen LogP contribution in [0.3, 0.4) is 0 Å². The van der Waals surface area contributed by atoms with Crippen LogP contribution in [0.2, 0.25) is 0 Å². The maximum Gasteiger partial charge on any atom is 0.171 e. The van der Waals surface area contributed by atoms with Gasteiger partial charge in [-0.2, -0.15) is 14.7 Å². The molecule has 5 rings (SSSR count). The van der Waals surface area contributed by atoms with E-state index in [0.717, 1.165) is 25.7 Å². The Morgan fingerprint density at radius 2 is 1.32 bits per heavy atom. The van der Waals surface area contributed by atoms with E-state index in [1.54, 1.807) is 39.0 Å². The van der Waals surface area contributed by atoms with Gasteiger partial charge in [0.1, 0.15) is 12.7 Å². The fourth-order valence-corrected chi connectivity index (χ4v) is 2.42. The molecule has 0 bridgehead atoms. The SMILES string of the molecule is CC.CC.CC.CC1CCCO1.CC1CCOC1.Cc1nnn(C)n1.Cc1nnn(C)n1.Cn1cncn1. The molecule has 2 unspecified atom stereocenters. The Bertz CT molecular complexity index is 726. The number of hydrogen-bond donors (Lipinski definition) is 0. The fraction of sp³-hybridized carbons (Fsp3) is 0.840. The normalized spacial score (nSPS) is 16.2. The summed E-state index contributed by atoms with van der Waals surface area (Å²) in [5, 5.41) is 25.7. The van der Waals surface area contributed by atoms with E-state index in [9.17, 15) is 0 Å². The molecule has 2 aliphatic heterocycles. The Kier molecular flexibility index (Phi) is 30.1. The summed E-state index contributed by atoms with van der Waals surface area (Å²) >= 11 is 0. The van der Waals surface area contributed by atoms with Gasteiger partial charge in [0, 0.05) is 26.9 Å². The van der Waals surface area contributed by atoms with Gasteiger partial charge in [-0.25, -0.2) is 4.98 Å². The van der Waals surface area contributed by atoms with E-state index in [4.69, 9.17) is 9.47 Å². The Balaban J connectivity index is -0.000000384. The Hall–Kier alpha value is -2.80. The molecular formula is C25H55N11O2. The van der Waals surface area contributed by atoms with Gasteiger partial charge in [-0.1, -0.05) is 48.5 Å². The summed E-state index contributed by atoms with van der Waals surface area (Å²) in [5.41, 5.74) is 0. The summed E-state index contributed by atoms with van der Waals surface area (Å²) in [6, 6.07) is 0. The van der Waals surface area contributed by atoms with Crippen molar-refractivity contribution in [2.45, 2.75) is 94.6 Å². The highest BCUT2D eigenvalue weighted by molar-refractivity contribution is 4.66. The van der Waals surface area contributed by atoms with Crippen molar-refractivity contribution in [3.8, 4) is 0 Å². The second-order valence-corrected chi connectivity index (χ2v) is 7.51. The molecule has 5 heterocycles. The number of ether oxygens (including phenoxy) is 2. The number of rotatable bonds is 0. The van der Waals surface area contributed by atoms with Gasteiger partial charge >= 0.3 is 0 Å². The number of nitrogens with zero attached hydrogens (tertiary/aromatic N) is 11. The van der Waals surface area contributed by atoms with Gasteiger partial charge in [-0.05, 0) is 56.4 Å². The molecule has 0 spiro atoms. The van der Waals surface area contributed by atoms with Crippen molar-refractivity contribution in [2.24, 2.45) is 27.1 Å². The van der Waals surface area contributed by atoms with Crippen LogP contribution in [-0.2, 0) is 30.6 Å². The smallest absolute Gasteiger partial charge is 0.171 e. The molecule has 2 saturated heterocycles. The maximum atomic E-state index is 5.15. The molecule has 2 atom stereocenters. The van der Waals surface area contributed by atoms with Crippen LogP contribution in [0.5, 0.6) is 0 Å². The van der Waals surface area contributed by atoms with Crippen molar-refractivity contribution in [2.75, 3.05) is 19.8 Å². The molecule has 38 heavy (non-hydrogen) atoms. The molecule has 0 radical (unpaired) electrons. The Labute approximate surface area is 230 Å². The van der Waals surface area contributed by atoms with E-state index >= 15 is 0 Å². The van der Waals surface area contributed by atoms with Crippen LogP contribution in [0.4, 0.5) is 0 Å². The predicted octanol–water partition coefficient (Wildman–Crippen LogP) is 4.16. The number of aromatic nitrogens is 11. The van der Waals surface area contributed by atoms with Gasteiger partial charge in [0.25, 0.3) is 0 Å². The van der Waals surface area contributed by atoms with Crippen molar-refractivity contribution in [3.63, 3.8) is 0 Å². The third-order valence-electron chi connectivity index (χ3n) is 4.07. The monoisotopic (exact) mass is 541 g/mol. The largest absolute Gasteiger partial charge is 0.381 e. The van der Waals surface area contributed by atoms with Crippen molar-refractivity contribution < 1.29 is 9.47 Å². The first-order valence-corrected chi connectivity index (χ1v) is 13.7. The quantitative estimate of drug-likeness (QED) is 0.408. The molecule has 0 aromatic carbocycles. The number of aryl methyl sites for hydroxylation is 5. The molecule has 13 heteroatoms. The summed E-state index contributed by atoms with van der Waals surface area (Å²) in [7, 11) is 5.30. The molecule has 0 aliphatic carbocycles. The first-order chi connectivity index (χ1) is 18.3. The van der Waals surface area contributed by atoms with Crippen LogP contribution in [0.15, 0.2) is 12.7 Å². The van der Waals surface area contributed by atoms with Crippen LogP contribution in [0.1, 0.15) is 86.3 Å². The summed E-state index contributed by atoms with van der Waals surface area (Å²) in [5.74, 6) is 2.25. The van der Waals surface area contributed by atoms with Gasteiger partial charge in [0.05, 0.1) is 20.2 Å². The van der Waals surface area contributed by atoms with Gasteiger partial charge in [-0.3, -0.25) is 4.68 Å². The van der Waals surface area contributed by atoms with E-state index in [-0.39, 0.29) is 0 Å². The predicted molar refractivity (Wildman–Crippen MR) is 151 cm³/mol. The lowest BCUT2D eigenvalue weighted by Gasteiger charge is -1.94. The first kappa shape index (κ1) is 39.7. The third kappa shape index (κ3) is 26.3. The topological polar surface area (TPSA) is 136 Å². The summed E-state index contributed by atoms with van der Waals surface area (Å²) in [6.45, 7) is 22.9. The van der Waals surface area contributed by atoms with Gasteiger partial charge in [0.15, 0.2) is 11.6 Å². The van der Waals surface area contributed by atoms with Crippen LogP contribution >= 0.6 is 0 Å². The Morgan fingerprint density at radius 1 is 0.789 bits per heavy atom. The van der Waals surface area contributed by atoms with Crippen molar-refractivity contribution >= 4 is 0 Å². The molecule has 3 aromatic rings. The maximum absolute atomic E-state index is 5.15. The van der Waals surface area contributed by atoms with E-state index in [1.807, 2.05) is 48.6 Å². The summed E-state index contributed by atoms with van der Waals surface area (Å²) in [6.07, 6.45) is 7.48. The van der Waals surface area contributed by atoms with Gasteiger partial charge in [-0.15, -0.1) is 20.4 Å². The number of hydrogen-bond acceptors (Lipinski definition) is 10. The van der Waals surface area contributed by atoms with Crippen LogP contribution in [0.25, 0.3) is 0 Å². The molecular weight excluding hydrogens is 486 g/mol. The molecule has 222 valence electrons. The van der Waals surface area contributed by atoms with Crippen molar-refractivity contribution in [3.05, 3.63) is 24.3 Å². The molecule has 2 aliphatic rings. The highest BCUT2D eigenvalue weighted by Crippen LogP contribution is 2.09. The van der Waals surface area contributed by atoms with E-state index < -0.39 is 0 Å². The van der Waals surface area contributed by atoms with Gasteiger partial charge in [0.2, 0.25) is 0 Å². The third-order valence-corrected chi connectivity index (χ3v) is 4.07. The zero-order valence-corrected chi connectivity index (χ0v) is 26.3. The van der Waals surface area contributed by atoms with Crippen molar-refractivity contribution in [1.82, 2.24) is 55.2 Å². The molecule has 2 fully saturated rings. The molecule has 3 aromatic heterocycles. The lowest BCUT2D eigenvalue weighted by Crippen LogP contribution is -1.94. The van der Waals surface area contributed by atoms with Crippen LogP contribution in [0, 0.1) is 19.8 Å². The number of tetrazole rings is 2. The second kappa shape index (κ2) is 28.8. The van der Waals surface area contributed by atoms with E-state index in [2.05, 4.69) is 54.8 Å². The van der Waals surface area contributed by atoms with Crippen LogP contribution in [-0.4, -0.2) is 81.1 Å². The average molecular weight is 542 g/mol. The molecule has 0 N–H and O–H groups in total. The lowest BCUT2D eigenvalue weighted by molar-refractivity contribution is 0.125. The fourth-order valence-electron chi connectivity index (χ4n) is 2.42. The van der Waals surface area contributed by atoms with E-state index in [1.165, 1.54) is 35.2 Å². The second-order valence-electron chi connectivity index (χ2n) is 7.51. The van der Waals surface area contributed by atoms with Gasteiger partial charge < -0.3 is 9.47 Å². The summed E-state index contributed by atoms with van der Waals surface area (Å²) < 4.78 is 11.8. The highest BCUT2D eigenvalue weighted by Gasteiger charge is 2.08. The average Bonchev–Trinajstić information content (AvgIpc) is 3.77. The zero-order valence-electron chi connectivity index (χ0n) is 26.3. The minimum atomic E-state index is 0.546. The lowest BCUT2D eigenvalue weighted by atomic mass is 10.2. The van der Waals surface area contributed by atoms with Crippen molar-refractivity contribution in [1.29, 1.82) is 0 Å². The zero-order chi connectivity index (χ0) is 29.8. The first-order valence-electron chi connectivity index (χ1n) is 13.7. The summed E-state index contributed by atoms with van der Waals surface area (Å²) in [4.78, 5) is 6.53. The minimum Gasteiger partial charge on any atom is -0.381 e. The van der Waals surface area contributed by atoms with Crippen LogP contribution < -0.4 is 0 Å². The standard InChI is InChI=1S/2C5H10O.2C3H6N4.C3H5N3.3C2H6/c1-5-2-3-6-4-5;1-5-3-2-4-6-5;2*1-3-4-6-7(2)5-3;1-6-3-4-2-5-6;3*1-2/h2*5H,2-4H2,1H3;2*1-2H3;2-3H,1H3;3*1-2H3. The molecule has 0 amide bonds. The Morgan fingerprint density at radius 3 is 1.42 bits per heavy atom. The highest BCUT2D eigenvalue weighted by atomic mass is 16.5. The van der Waals surface area contributed by atoms with E-state index in [0.29, 0.717) is 17.8 Å². The minimum absolute atomic E-state index is 0.546.